The SMILES string of the molecule is Cc1[nH]c2ccc(C(=O)N3CCOC[C@@H]3[C@@H]3CCC[C@@H]3O)cc2c1C. The topological polar surface area (TPSA) is 65.6 Å². The monoisotopic (exact) mass is 342 g/mol. The van der Waals surface area contributed by atoms with Gasteiger partial charge in [0.1, 0.15) is 0 Å². The van der Waals surface area contributed by atoms with Crippen molar-refractivity contribution >= 4 is 16.8 Å². The third-order valence-corrected chi connectivity index (χ3v) is 6.01. The van der Waals surface area contributed by atoms with E-state index >= 15 is 0 Å². The normalized spacial score (nSPS) is 27.2. The number of aliphatic hydroxyl groups is 1. The maximum atomic E-state index is 13.2. The number of amides is 1. The molecule has 0 bridgehead atoms. The maximum Gasteiger partial charge on any atom is 0.254 e. The second-order valence-corrected chi connectivity index (χ2v) is 7.44. The molecule has 2 aliphatic rings. The summed E-state index contributed by atoms with van der Waals surface area (Å²) < 4.78 is 5.64. The van der Waals surface area contributed by atoms with Crippen molar-refractivity contribution in [2.45, 2.75) is 45.3 Å². The molecular weight excluding hydrogens is 316 g/mol. The molecule has 1 aliphatic heterocycles. The number of aliphatic hydroxyl groups excluding tert-OH is 1. The van der Waals surface area contributed by atoms with Crippen LogP contribution in [0.2, 0.25) is 0 Å². The van der Waals surface area contributed by atoms with Gasteiger partial charge in [-0.15, -0.1) is 0 Å². The van der Waals surface area contributed by atoms with Crippen LogP contribution < -0.4 is 0 Å². The van der Waals surface area contributed by atoms with Crippen molar-refractivity contribution in [3.05, 3.63) is 35.0 Å². The van der Waals surface area contributed by atoms with Gasteiger partial charge in [0.2, 0.25) is 0 Å². The number of aromatic amines is 1. The Kier molecular flexibility index (Phi) is 4.29. The van der Waals surface area contributed by atoms with Crippen LogP contribution in [0.1, 0.15) is 40.9 Å². The molecule has 1 aromatic carbocycles. The molecule has 5 nitrogen and oxygen atoms in total. The number of aromatic nitrogens is 1. The fraction of sp³-hybridized carbons (Fsp3) is 0.550. The fourth-order valence-electron chi connectivity index (χ4n) is 4.41. The molecule has 5 heteroatoms. The molecule has 4 rings (SSSR count). The minimum absolute atomic E-state index is 0.0245. The van der Waals surface area contributed by atoms with Crippen LogP contribution in [0.3, 0.4) is 0 Å². The van der Waals surface area contributed by atoms with Gasteiger partial charge in [-0.25, -0.2) is 0 Å². The van der Waals surface area contributed by atoms with Crippen molar-refractivity contribution in [2.75, 3.05) is 19.8 Å². The summed E-state index contributed by atoms with van der Waals surface area (Å²) in [6.45, 7) is 5.81. The van der Waals surface area contributed by atoms with Crippen molar-refractivity contribution in [3.8, 4) is 0 Å². The maximum absolute atomic E-state index is 13.2. The summed E-state index contributed by atoms with van der Waals surface area (Å²) in [4.78, 5) is 18.5. The number of morpholine rings is 1. The third-order valence-electron chi connectivity index (χ3n) is 6.01. The van der Waals surface area contributed by atoms with Crippen molar-refractivity contribution < 1.29 is 14.6 Å². The quantitative estimate of drug-likeness (QED) is 0.882. The van der Waals surface area contributed by atoms with Crippen LogP contribution in [0.25, 0.3) is 10.9 Å². The summed E-state index contributed by atoms with van der Waals surface area (Å²) in [5, 5.41) is 11.4. The zero-order valence-electron chi connectivity index (χ0n) is 14.9. The Hall–Kier alpha value is -1.85. The van der Waals surface area contributed by atoms with E-state index in [-0.39, 0.29) is 24.0 Å². The average molecular weight is 342 g/mol. The molecule has 3 atom stereocenters. The van der Waals surface area contributed by atoms with E-state index in [1.54, 1.807) is 0 Å². The van der Waals surface area contributed by atoms with E-state index < -0.39 is 0 Å². The fourth-order valence-corrected chi connectivity index (χ4v) is 4.41. The van der Waals surface area contributed by atoms with Gasteiger partial charge < -0.3 is 19.7 Å². The van der Waals surface area contributed by atoms with Crippen LogP contribution in [0, 0.1) is 19.8 Å². The number of aryl methyl sites for hydroxylation is 2. The molecule has 1 aromatic heterocycles. The number of hydrogen-bond donors (Lipinski definition) is 2. The molecule has 0 spiro atoms. The van der Waals surface area contributed by atoms with E-state index in [9.17, 15) is 9.90 Å². The van der Waals surface area contributed by atoms with E-state index in [1.807, 2.05) is 23.1 Å². The molecule has 0 unspecified atom stereocenters. The molecule has 2 N–H and O–H groups in total. The van der Waals surface area contributed by atoms with Crippen LogP contribution in [-0.4, -0.2) is 52.8 Å². The zero-order chi connectivity index (χ0) is 17.6. The first-order valence-corrected chi connectivity index (χ1v) is 9.22. The van der Waals surface area contributed by atoms with Gasteiger partial charge in [-0.05, 0) is 50.5 Å². The Morgan fingerprint density at radius 1 is 1.32 bits per heavy atom. The van der Waals surface area contributed by atoms with Crippen molar-refractivity contribution in [3.63, 3.8) is 0 Å². The molecule has 2 heterocycles. The van der Waals surface area contributed by atoms with E-state index in [4.69, 9.17) is 4.74 Å². The Morgan fingerprint density at radius 3 is 2.92 bits per heavy atom. The van der Waals surface area contributed by atoms with Crippen LogP contribution in [0.15, 0.2) is 18.2 Å². The van der Waals surface area contributed by atoms with Crippen molar-refractivity contribution in [1.82, 2.24) is 9.88 Å². The summed E-state index contributed by atoms with van der Waals surface area (Å²) >= 11 is 0. The standard InChI is InChI=1S/C20H26N2O3/c1-12-13(2)21-17-7-6-14(10-16(12)17)20(24)22-8-9-25-11-18(22)15-4-3-5-19(15)23/h6-7,10,15,18-19,21,23H,3-5,8-9,11H2,1-2H3/t15-,18+,19-/m0/s1. The first kappa shape index (κ1) is 16.6. The van der Waals surface area contributed by atoms with Crippen LogP contribution in [-0.2, 0) is 4.74 Å². The summed E-state index contributed by atoms with van der Waals surface area (Å²) in [5.74, 6) is 0.178. The van der Waals surface area contributed by atoms with E-state index in [2.05, 4.69) is 18.8 Å². The van der Waals surface area contributed by atoms with Gasteiger partial charge in [-0.1, -0.05) is 6.42 Å². The smallest absolute Gasteiger partial charge is 0.254 e. The minimum Gasteiger partial charge on any atom is -0.393 e. The third kappa shape index (κ3) is 2.85. The molecule has 134 valence electrons. The van der Waals surface area contributed by atoms with Gasteiger partial charge in [-0.3, -0.25) is 4.79 Å². The summed E-state index contributed by atoms with van der Waals surface area (Å²) in [5.41, 5.74) is 4.11. The average Bonchev–Trinajstić information content (AvgIpc) is 3.17. The summed E-state index contributed by atoms with van der Waals surface area (Å²) in [6, 6.07) is 5.86. The van der Waals surface area contributed by atoms with Gasteiger partial charge in [0.05, 0.1) is 25.4 Å². The molecule has 0 radical (unpaired) electrons. The Morgan fingerprint density at radius 2 is 2.16 bits per heavy atom. The molecule has 2 fully saturated rings. The lowest BCUT2D eigenvalue weighted by Crippen LogP contribution is -2.53. The predicted molar refractivity (Wildman–Crippen MR) is 96.8 cm³/mol. The molecule has 2 aromatic rings. The molecule has 1 saturated carbocycles. The molecular formula is C20H26N2O3. The molecule has 1 amide bonds. The Labute approximate surface area is 148 Å². The number of carbonyl (C=O) groups excluding carboxylic acids is 1. The number of carbonyl (C=O) groups is 1. The first-order chi connectivity index (χ1) is 12.1. The van der Waals surface area contributed by atoms with Crippen molar-refractivity contribution in [1.29, 1.82) is 0 Å². The van der Waals surface area contributed by atoms with Crippen LogP contribution >= 0.6 is 0 Å². The number of H-pyrrole nitrogens is 1. The molecule has 25 heavy (non-hydrogen) atoms. The minimum atomic E-state index is -0.320. The summed E-state index contributed by atoms with van der Waals surface area (Å²) in [7, 11) is 0. The first-order valence-electron chi connectivity index (χ1n) is 9.22. The van der Waals surface area contributed by atoms with E-state index in [0.717, 1.165) is 35.9 Å². The van der Waals surface area contributed by atoms with Gasteiger partial charge in [0.15, 0.2) is 0 Å². The number of nitrogens with zero attached hydrogens (tertiary/aromatic N) is 1. The summed E-state index contributed by atoms with van der Waals surface area (Å²) in [6.07, 6.45) is 2.50. The lowest BCUT2D eigenvalue weighted by atomic mass is 9.93. The largest absolute Gasteiger partial charge is 0.393 e. The lowest BCUT2D eigenvalue weighted by Gasteiger charge is -2.40. The number of nitrogens with one attached hydrogen (secondary N) is 1. The Balaban J connectivity index is 1.65. The highest BCUT2D eigenvalue weighted by atomic mass is 16.5. The van der Waals surface area contributed by atoms with Crippen LogP contribution in [0.5, 0.6) is 0 Å². The van der Waals surface area contributed by atoms with Gasteiger partial charge >= 0.3 is 0 Å². The van der Waals surface area contributed by atoms with E-state index in [1.165, 1.54) is 5.56 Å². The zero-order valence-corrected chi connectivity index (χ0v) is 14.9. The molecule has 1 saturated heterocycles. The number of hydrogen-bond acceptors (Lipinski definition) is 3. The number of rotatable bonds is 2. The predicted octanol–water partition coefficient (Wildman–Crippen LogP) is 2.79. The van der Waals surface area contributed by atoms with E-state index in [0.29, 0.717) is 25.3 Å². The van der Waals surface area contributed by atoms with Gasteiger partial charge in [0, 0.05) is 34.6 Å². The highest BCUT2D eigenvalue weighted by Gasteiger charge is 2.39. The van der Waals surface area contributed by atoms with Crippen LogP contribution in [0.4, 0.5) is 0 Å². The number of benzene rings is 1. The van der Waals surface area contributed by atoms with Crippen molar-refractivity contribution in [2.24, 2.45) is 5.92 Å². The van der Waals surface area contributed by atoms with Gasteiger partial charge in [-0.2, -0.15) is 0 Å². The number of fused-ring (bicyclic) bond motifs is 1. The molecule has 1 aliphatic carbocycles. The lowest BCUT2D eigenvalue weighted by molar-refractivity contribution is -0.0383. The number of ether oxygens (including phenoxy) is 1. The van der Waals surface area contributed by atoms with Gasteiger partial charge in [0.25, 0.3) is 5.91 Å². The Bertz CT molecular complexity index is 798. The highest BCUT2D eigenvalue weighted by molar-refractivity contribution is 5.99. The second-order valence-electron chi connectivity index (χ2n) is 7.44. The highest BCUT2D eigenvalue weighted by Crippen LogP contribution is 2.33. The second kappa shape index (κ2) is 6.46.